The number of nitrogens with one attached hydrogen (secondary N) is 2. The second-order valence-electron chi connectivity index (χ2n) is 8.68. The normalized spacial score (nSPS) is 11.0. The Morgan fingerprint density at radius 3 is 2.54 bits per heavy atom. The molecule has 0 unspecified atom stereocenters. The molecule has 1 amide bonds. The highest BCUT2D eigenvalue weighted by molar-refractivity contribution is 14.1. The number of carbonyl (C=O) groups excluding carboxylic acids is 1. The molecule has 190 valence electrons. The number of rotatable bonds is 10. The summed E-state index contributed by atoms with van der Waals surface area (Å²) in [5.41, 5.74) is 7.74. The van der Waals surface area contributed by atoms with Gasteiger partial charge in [-0.2, -0.15) is 5.10 Å². The topological polar surface area (TPSA) is 72.0 Å². The molecule has 0 spiro atoms. The Morgan fingerprint density at radius 2 is 1.76 bits per heavy atom. The van der Waals surface area contributed by atoms with Crippen molar-refractivity contribution in [3.63, 3.8) is 0 Å². The second-order valence-corrected chi connectivity index (χ2v) is 9.84. The first-order chi connectivity index (χ1) is 17.9. The van der Waals surface area contributed by atoms with E-state index in [-0.39, 0.29) is 12.5 Å². The van der Waals surface area contributed by atoms with Gasteiger partial charge in [0, 0.05) is 5.69 Å². The monoisotopic (exact) mass is 607 g/mol. The number of anilines is 1. The van der Waals surface area contributed by atoms with E-state index < -0.39 is 0 Å². The van der Waals surface area contributed by atoms with E-state index in [9.17, 15) is 4.79 Å². The zero-order valence-corrected chi connectivity index (χ0v) is 23.3. The number of hydrazone groups is 1. The van der Waals surface area contributed by atoms with Gasteiger partial charge in [0.05, 0.1) is 22.9 Å². The van der Waals surface area contributed by atoms with Gasteiger partial charge in [0.25, 0.3) is 5.91 Å². The van der Waals surface area contributed by atoms with Crippen molar-refractivity contribution in [1.82, 2.24) is 5.43 Å². The number of amides is 1. The number of benzene rings is 4. The van der Waals surface area contributed by atoms with Crippen molar-refractivity contribution in [3.8, 4) is 11.5 Å². The lowest BCUT2D eigenvalue weighted by molar-refractivity contribution is -0.119. The number of halogens is 1. The zero-order chi connectivity index (χ0) is 26.2. The largest absolute Gasteiger partial charge is 0.490 e. The molecule has 0 saturated carbocycles. The molecule has 0 aliphatic carbocycles. The van der Waals surface area contributed by atoms with Gasteiger partial charge in [0.15, 0.2) is 11.5 Å². The molecule has 0 aliphatic heterocycles. The summed E-state index contributed by atoms with van der Waals surface area (Å²) in [4.78, 5) is 12.2. The van der Waals surface area contributed by atoms with Crippen LogP contribution in [0.25, 0.3) is 10.8 Å². The third-order valence-corrected chi connectivity index (χ3v) is 6.69. The molecule has 4 aromatic rings. The van der Waals surface area contributed by atoms with Gasteiger partial charge in [0.2, 0.25) is 0 Å². The van der Waals surface area contributed by atoms with E-state index in [0.29, 0.717) is 24.7 Å². The molecule has 0 atom stereocenters. The summed E-state index contributed by atoms with van der Waals surface area (Å²) in [6, 6.07) is 24.4. The smallest absolute Gasteiger partial charge is 0.259 e. The first kappa shape index (κ1) is 26.5. The third-order valence-electron chi connectivity index (χ3n) is 5.89. The lowest BCUT2D eigenvalue weighted by atomic mass is 10.1. The van der Waals surface area contributed by atoms with Crippen LogP contribution in [0.2, 0.25) is 0 Å². The number of hydrogen-bond donors (Lipinski definition) is 2. The van der Waals surface area contributed by atoms with Crippen molar-refractivity contribution in [3.05, 3.63) is 98.6 Å². The fourth-order valence-electron chi connectivity index (χ4n) is 3.80. The van der Waals surface area contributed by atoms with Gasteiger partial charge in [-0.05, 0) is 107 Å². The third kappa shape index (κ3) is 7.22. The molecule has 7 heteroatoms. The molecule has 0 fully saturated rings. The Bertz CT molecular complexity index is 1440. The minimum atomic E-state index is -0.232. The van der Waals surface area contributed by atoms with E-state index in [1.54, 1.807) is 6.21 Å². The lowest BCUT2D eigenvalue weighted by Gasteiger charge is -2.15. The molecule has 0 aromatic heterocycles. The maximum Gasteiger partial charge on any atom is 0.259 e. The van der Waals surface area contributed by atoms with E-state index in [1.807, 2.05) is 56.3 Å². The van der Waals surface area contributed by atoms with E-state index in [1.165, 1.54) is 21.9 Å². The number of fused-ring (bicyclic) bond motifs is 1. The Hall–Kier alpha value is -3.59. The predicted octanol–water partition coefficient (Wildman–Crippen LogP) is 6.60. The first-order valence-electron chi connectivity index (χ1n) is 12.1. The molecule has 4 aromatic carbocycles. The zero-order valence-electron chi connectivity index (χ0n) is 21.2. The van der Waals surface area contributed by atoms with Crippen molar-refractivity contribution in [2.24, 2.45) is 5.10 Å². The molecule has 0 saturated heterocycles. The maximum absolute atomic E-state index is 12.2. The van der Waals surface area contributed by atoms with Gasteiger partial charge >= 0.3 is 0 Å². The minimum Gasteiger partial charge on any atom is -0.490 e. The van der Waals surface area contributed by atoms with Gasteiger partial charge in [-0.25, -0.2) is 5.43 Å². The maximum atomic E-state index is 12.2. The molecular weight excluding hydrogens is 577 g/mol. The standard InChI is InChI=1S/C30H30IN3O3/c1-4-36-28-16-23(17-33-34-29(35)18-32-26-12-9-20(2)21(3)13-26)15-27(31)30(28)37-19-22-10-11-24-7-5-6-8-25(24)14-22/h5-17,32H,4,18-19H2,1-3H3,(H,34,35)/b33-17-. The van der Waals surface area contributed by atoms with Gasteiger partial charge in [-0.3, -0.25) is 4.79 Å². The van der Waals surface area contributed by atoms with Crippen LogP contribution in [0.5, 0.6) is 11.5 Å². The summed E-state index contributed by atoms with van der Waals surface area (Å²) in [7, 11) is 0. The number of aryl methyl sites for hydroxylation is 2. The van der Waals surface area contributed by atoms with Crippen molar-refractivity contribution < 1.29 is 14.3 Å². The van der Waals surface area contributed by atoms with Crippen molar-refractivity contribution in [2.75, 3.05) is 18.5 Å². The Kier molecular flexibility index (Phi) is 9.00. The van der Waals surface area contributed by atoms with E-state index in [4.69, 9.17) is 9.47 Å². The van der Waals surface area contributed by atoms with Crippen LogP contribution in [0.1, 0.15) is 29.2 Å². The fourth-order valence-corrected chi connectivity index (χ4v) is 4.58. The summed E-state index contributed by atoms with van der Waals surface area (Å²) < 4.78 is 12.9. The summed E-state index contributed by atoms with van der Waals surface area (Å²) in [5.74, 6) is 1.10. The fraction of sp³-hybridized carbons (Fsp3) is 0.200. The van der Waals surface area contributed by atoms with Crippen molar-refractivity contribution in [2.45, 2.75) is 27.4 Å². The molecule has 6 nitrogen and oxygen atoms in total. The van der Waals surface area contributed by atoms with Gasteiger partial charge in [0.1, 0.15) is 6.61 Å². The van der Waals surface area contributed by atoms with Crippen molar-refractivity contribution in [1.29, 1.82) is 0 Å². The summed E-state index contributed by atoms with van der Waals surface area (Å²) >= 11 is 2.23. The molecule has 2 N–H and O–H groups in total. The molecule has 0 radical (unpaired) electrons. The van der Waals surface area contributed by atoms with Crippen LogP contribution in [0.15, 0.2) is 77.9 Å². The molecule has 0 heterocycles. The average Bonchev–Trinajstić information content (AvgIpc) is 2.89. The second kappa shape index (κ2) is 12.6. The number of hydrogen-bond acceptors (Lipinski definition) is 5. The van der Waals surface area contributed by atoms with Gasteiger partial charge in [-0.15, -0.1) is 0 Å². The van der Waals surface area contributed by atoms with E-state index >= 15 is 0 Å². The molecule has 0 bridgehead atoms. The number of carbonyl (C=O) groups is 1. The summed E-state index contributed by atoms with van der Waals surface area (Å²) in [6.45, 7) is 7.10. The van der Waals surface area contributed by atoms with Crippen LogP contribution in [-0.4, -0.2) is 25.3 Å². The van der Waals surface area contributed by atoms with Crippen LogP contribution in [-0.2, 0) is 11.4 Å². The first-order valence-corrected chi connectivity index (χ1v) is 13.2. The highest BCUT2D eigenvalue weighted by atomic mass is 127. The molecule has 37 heavy (non-hydrogen) atoms. The predicted molar refractivity (Wildman–Crippen MR) is 159 cm³/mol. The highest BCUT2D eigenvalue weighted by Gasteiger charge is 2.12. The highest BCUT2D eigenvalue weighted by Crippen LogP contribution is 2.34. The Morgan fingerprint density at radius 1 is 0.946 bits per heavy atom. The van der Waals surface area contributed by atoms with E-state index in [0.717, 1.165) is 20.4 Å². The van der Waals surface area contributed by atoms with Crippen LogP contribution >= 0.6 is 22.6 Å². The van der Waals surface area contributed by atoms with E-state index in [2.05, 4.69) is 75.7 Å². The SMILES string of the molecule is CCOc1cc(/C=N\NC(=O)CNc2ccc(C)c(C)c2)cc(I)c1OCc1ccc2ccccc2c1. The van der Waals surface area contributed by atoms with Gasteiger partial charge in [-0.1, -0.05) is 42.5 Å². The van der Waals surface area contributed by atoms with Crippen molar-refractivity contribution >= 4 is 51.2 Å². The van der Waals surface area contributed by atoms with Crippen LogP contribution in [0.3, 0.4) is 0 Å². The molecular formula is C30H30IN3O3. The number of nitrogens with zero attached hydrogens (tertiary/aromatic N) is 1. The summed E-state index contributed by atoms with van der Waals surface area (Å²) in [6.07, 6.45) is 1.60. The van der Waals surface area contributed by atoms with Crippen LogP contribution in [0.4, 0.5) is 5.69 Å². The molecule has 0 aliphatic rings. The van der Waals surface area contributed by atoms with Crippen LogP contribution < -0.4 is 20.2 Å². The van der Waals surface area contributed by atoms with Gasteiger partial charge < -0.3 is 14.8 Å². The Balaban J connectivity index is 1.38. The quantitative estimate of drug-likeness (QED) is 0.121. The summed E-state index contributed by atoms with van der Waals surface area (Å²) in [5, 5.41) is 9.62. The number of ether oxygens (including phenoxy) is 2. The Labute approximate surface area is 231 Å². The van der Waals surface area contributed by atoms with Crippen LogP contribution in [0, 0.1) is 17.4 Å². The molecule has 4 rings (SSSR count). The lowest BCUT2D eigenvalue weighted by Crippen LogP contribution is -2.25. The average molecular weight is 607 g/mol. The minimum absolute atomic E-state index is 0.128.